The van der Waals surface area contributed by atoms with E-state index in [-0.39, 0.29) is 17.5 Å². The maximum atomic E-state index is 13.7. The van der Waals surface area contributed by atoms with E-state index < -0.39 is 0 Å². The van der Waals surface area contributed by atoms with Crippen LogP contribution < -0.4 is 16.6 Å². The maximum Gasteiger partial charge on any atom is 0.264 e. The number of nitrogens with one attached hydrogen (secondary N) is 1. The van der Waals surface area contributed by atoms with Crippen molar-refractivity contribution in [2.45, 2.75) is 33.2 Å². The van der Waals surface area contributed by atoms with E-state index >= 15 is 0 Å². The fraction of sp³-hybridized carbons (Fsp3) is 0.192. The quantitative estimate of drug-likeness (QED) is 0.279. The van der Waals surface area contributed by atoms with Crippen molar-refractivity contribution in [1.82, 2.24) is 14.5 Å². The number of hydrogen-bond donors (Lipinski definition) is 2. The summed E-state index contributed by atoms with van der Waals surface area (Å²) in [7, 11) is 0. The Kier molecular flexibility index (Phi) is 7.14. The molecule has 0 aliphatic carbocycles. The van der Waals surface area contributed by atoms with E-state index in [0.29, 0.717) is 22.6 Å². The molecule has 4 rings (SSSR count). The lowest BCUT2D eigenvalue weighted by Crippen LogP contribution is -2.26. The lowest BCUT2D eigenvalue weighted by atomic mass is 10.1. The van der Waals surface area contributed by atoms with Gasteiger partial charge in [0.05, 0.1) is 16.5 Å². The van der Waals surface area contributed by atoms with Gasteiger partial charge in [0.25, 0.3) is 5.56 Å². The molecule has 0 fully saturated rings. The van der Waals surface area contributed by atoms with Crippen LogP contribution in [0.3, 0.4) is 0 Å². The number of hydrogen-bond acceptors (Lipinski definition) is 6. The topological polar surface area (TPSA) is 85.8 Å². The van der Waals surface area contributed by atoms with E-state index in [2.05, 4.69) is 15.3 Å². The van der Waals surface area contributed by atoms with Gasteiger partial charge in [-0.15, -0.1) is 0 Å². The molecule has 0 amide bonds. The lowest BCUT2D eigenvalue weighted by Gasteiger charge is -2.23. The Bertz CT molecular complexity index is 1440. The molecule has 0 saturated carbocycles. The minimum atomic E-state index is -0.275. The maximum absolute atomic E-state index is 13.7. The molecule has 0 aliphatic rings. The number of thiophene rings is 1. The number of allylic oxidation sites excluding steroid dienone is 4. The Balaban J connectivity index is 1.90. The second kappa shape index (κ2) is 10.2. The van der Waals surface area contributed by atoms with Crippen molar-refractivity contribution in [2.75, 3.05) is 11.1 Å². The number of halogens is 1. The number of rotatable bonds is 7. The summed E-state index contributed by atoms with van der Waals surface area (Å²) in [5.74, 6) is 0.790. The van der Waals surface area contributed by atoms with Crippen molar-refractivity contribution in [3.05, 3.63) is 86.6 Å². The van der Waals surface area contributed by atoms with Gasteiger partial charge in [0.1, 0.15) is 5.82 Å². The van der Waals surface area contributed by atoms with Crippen LogP contribution in [0.5, 0.6) is 0 Å². The molecule has 34 heavy (non-hydrogen) atoms. The molecular formula is C26H26ClN5OS. The first-order valence-electron chi connectivity index (χ1n) is 11.0. The molecule has 0 radical (unpaired) electrons. The van der Waals surface area contributed by atoms with E-state index in [9.17, 15) is 4.79 Å². The highest BCUT2D eigenvalue weighted by Gasteiger charge is 2.20. The van der Waals surface area contributed by atoms with Crippen LogP contribution in [-0.4, -0.2) is 14.5 Å². The number of anilines is 2. The molecule has 1 unspecified atom stereocenters. The van der Waals surface area contributed by atoms with Crippen LogP contribution in [0.2, 0.25) is 5.02 Å². The number of benzene rings is 1. The molecule has 174 valence electrons. The van der Waals surface area contributed by atoms with Crippen LogP contribution >= 0.6 is 22.9 Å². The van der Waals surface area contributed by atoms with Gasteiger partial charge < -0.3 is 11.1 Å². The van der Waals surface area contributed by atoms with E-state index in [1.165, 1.54) is 0 Å². The van der Waals surface area contributed by atoms with Gasteiger partial charge in [-0.05, 0) is 66.3 Å². The molecule has 0 saturated heterocycles. The number of nitrogens with two attached hydrogens (primary N) is 1. The summed E-state index contributed by atoms with van der Waals surface area (Å²) in [4.78, 5) is 22.4. The molecule has 4 aromatic rings. The predicted octanol–water partition coefficient (Wildman–Crippen LogP) is 6.76. The third kappa shape index (κ3) is 4.62. The van der Waals surface area contributed by atoms with Gasteiger partial charge in [0.2, 0.25) is 5.95 Å². The van der Waals surface area contributed by atoms with E-state index in [1.807, 2.05) is 74.0 Å². The third-order valence-electron chi connectivity index (χ3n) is 5.59. The summed E-state index contributed by atoms with van der Waals surface area (Å²) < 4.78 is 1.75. The zero-order valence-electron chi connectivity index (χ0n) is 19.2. The second-order valence-electron chi connectivity index (χ2n) is 7.82. The first-order valence-corrected chi connectivity index (χ1v) is 12.3. The zero-order valence-corrected chi connectivity index (χ0v) is 20.8. The van der Waals surface area contributed by atoms with Gasteiger partial charge in [-0.25, -0.2) is 4.98 Å². The number of aromatic nitrogens is 3. The molecule has 3 heterocycles. The fourth-order valence-electron chi connectivity index (χ4n) is 3.93. The smallest absolute Gasteiger partial charge is 0.264 e. The highest BCUT2D eigenvalue weighted by molar-refractivity contribution is 7.08. The number of nitrogens with zero attached hydrogens (tertiary/aromatic N) is 3. The molecule has 3 aromatic heterocycles. The minimum absolute atomic E-state index is 0.149. The lowest BCUT2D eigenvalue weighted by molar-refractivity contribution is 0.770. The normalized spacial score (nSPS) is 13.0. The van der Waals surface area contributed by atoms with Crippen LogP contribution in [0.25, 0.3) is 27.6 Å². The fourth-order valence-corrected chi connectivity index (χ4v) is 4.84. The average molecular weight is 492 g/mol. The van der Waals surface area contributed by atoms with E-state index in [4.69, 9.17) is 17.3 Å². The molecule has 0 spiro atoms. The largest absolute Gasteiger partial charge is 0.368 e. The molecule has 6 nitrogen and oxygen atoms in total. The Hall–Kier alpha value is -3.42. The van der Waals surface area contributed by atoms with Crippen molar-refractivity contribution >= 4 is 51.2 Å². The molecular weight excluding hydrogens is 466 g/mol. The van der Waals surface area contributed by atoms with Crippen molar-refractivity contribution < 1.29 is 0 Å². The van der Waals surface area contributed by atoms with Crippen LogP contribution in [0.15, 0.2) is 70.3 Å². The Morgan fingerprint density at radius 3 is 2.88 bits per heavy atom. The minimum Gasteiger partial charge on any atom is -0.368 e. The second-order valence-corrected chi connectivity index (χ2v) is 9.01. The molecule has 0 bridgehead atoms. The standard InChI is InChI=1S/C26H26ClN5OS/c1-4-6-9-19(5-2)32-22(13-17-8-7-10-21(27)23(17)25(32)33)16(3)30-24-20(14-29-26(28)31-24)18-11-12-34-15-18/h4,6-16H,5H2,1-3H3,(H3,28,29,30,31)/b6-4-,19-9+. The van der Waals surface area contributed by atoms with Crippen LogP contribution in [0.1, 0.15) is 38.9 Å². The van der Waals surface area contributed by atoms with E-state index in [0.717, 1.165) is 27.9 Å². The molecule has 3 N–H and O–H groups in total. The number of fused-ring (bicyclic) bond motifs is 1. The van der Waals surface area contributed by atoms with Gasteiger partial charge in [0.15, 0.2) is 0 Å². The monoisotopic (exact) mass is 491 g/mol. The van der Waals surface area contributed by atoms with Crippen molar-refractivity contribution in [1.29, 1.82) is 0 Å². The molecule has 8 heteroatoms. The summed E-state index contributed by atoms with van der Waals surface area (Å²) in [6.45, 7) is 5.97. The zero-order chi connectivity index (χ0) is 24.2. The summed E-state index contributed by atoms with van der Waals surface area (Å²) >= 11 is 8.05. The average Bonchev–Trinajstić information content (AvgIpc) is 3.35. The van der Waals surface area contributed by atoms with E-state index in [1.54, 1.807) is 28.2 Å². The molecule has 1 aromatic carbocycles. The number of pyridine rings is 1. The number of nitrogen functional groups attached to an aromatic ring is 1. The van der Waals surface area contributed by atoms with Gasteiger partial charge in [-0.3, -0.25) is 9.36 Å². The Morgan fingerprint density at radius 2 is 2.18 bits per heavy atom. The van der Waals surface area contributed by atoms with Gasteiger partial charge in [-0.2, -0.15) is 16.3 Å². The Labute approximate surface area is 207 Å². The third-order valence-corrected chi connectivity index (χ3v) is 6.59. The SMILES string of the molecule is C/C=C\C=C(/CC)n1c(C(C)Nc2nc(N)ncc2-c2ccsc2)cc2cccc(Cl)c2c1=O. The van der Waals surface area contributed by atoms with Crippen LogP contribution in [0.4, 0.5) is 11.8 Å². The van der Waals surface area contributed by atoms with Gasteiger partial charge >= 0.3 is 0 Å². The summed E-state index contributed by atoms with van der Waals surface area (Å²) in [6.07, 6.45) is 8.22. The first-order chi connectivity index (χ1) is 16.4. The summed E-state index contributed by atoms with van der Waals surface area (Å²) in [5, 5.41) is 9.25. The predicted molar refractivity (Wildman–Crippen MR) is 144 cm³/mol. The van der Waals surface area contributed by atoms with Gasteiger partial charge in [-0.1, -0.05) is 42.8 Å². The molecule has 1 atom stereocenters. The highest BCUT2D eigenvalue weighted by atomic mass is 35.5. The van der Waals surface area contributed by atoms with Crippen LogP contribution in [0, 0.1) is 0 Å². The van der Waals surface area contributed by atoms with Crippen molar-refractivity contribution in [3.63, 3.8) is 0 Å². The Morgan fingerprint density at radius 1 is 1.35 bits per heavy atom. The van der Waals surface area contributed by atoms with Crippen molar-refractivity contribution in [2.24, 2.45) is 0 Å². The molecule has 0 aliphatic heterocycles. The highest BCUT2D eigenvalue weighted by Crippen LogP contribution is 2.32. The van der Waals surface area contributed by atoms with Crippen LogP contribution in [-0.2, 0) is 0 Å². The summed E-state index contributed by atoms with van der Waals surface area (Å²) in [5.41, 5.74) is 9.29. The first kappa shape index (κ1) is 23.7. The van der Waals surface area contributed by atoms with Gasteiger partial charge in [0, 0.05) is 23.2 Å². The summed E-state index contributed by atoms with van der Waals surface area (Å²) in [6, 6.07) is 9.25. The van der Waals surface area contributed by atoms with Crippen molar-refractivity contribution in [3.8, 4) is 11.1 Å².